The molecule has 0 unspecified atom stereocenters. The van der Waals surface area contributed by atoms with Crippen molar-refractivity contribution >= 4 is 28.4 Å². The number of phenolic OH excluding ortho intramolecular Hbond substituents is 2. The first-order chi connectivity index (χ1) is 13.4. The highest BCUT2D eigenvalue weighted by Gasteiger charge is 2.19. The lowest BCUT2D eigenvalue weighted by Crippen LogP contribution is -2.28. The Morgan fingerprint density at radius 1 is 1.25 bits per heavy atom. The van der Waals surface area contributed by atoms with E-state index in [1.807, 2.05) is 6.92 Å². The number of benzene rings is 2. The smallest absolute Gasteiger partial charge is 0.262 e. The van der Waals surface area contributed by atoms with Crippen molar-refractivity contribution in [1.29, 1.82) is 0 Å². The van der Waals surface area contributed by atoms with E-state index in [1.54, 1.807) is 31.4 Å². The predicted octanol–water partition coefficient (Wildman–Crippen LogP) is 2.99. The zero-order chi connectivity index (χ0) is 20.3. The minimum atomic E-state index is -0.337. The summed E-state index contributed by atoms with van der Waals surface area (Å²) in [4.78, 5) is 30.0. The van der Waals surface area contributed by atoms with E-state index in [-0.39, 0.29) is 40.2 Å². The molecule has 0 fully saturated rings. The molecule has 2 N–H and O–H groups in total. The van der Waals surface area contributed by atoms with E-state index in [0.29, 0.717) is 22.7 Å². The summed E-state index contributed by atoms with van der Waals surface area (Å²) in [7, 11) is 1.56. The van der Waals surface area contributed by atoms with Gasteiger partial charge >= 0.3 is 0 Å². The van der Waals surface area contributed by atoms with Gasteiger partial charge in [0.05, 0.1) is 34.9 Å². The number of thioether (sulfide) groups is 1. The predicted molar refractivity (Wildman–Crippen MR) is 107 cm³/mol. The van der Waals surface area contributed by atoms with Gasteiger partial charge in [0, 0.05) is 13.2 Å². The zero-order valence-corrected chi connectivity index (χ0v) is 16.3. The van der Waals surface area contributed by atoms with Gasteiger partial charge in [0.15, 0.2) is 10.9 Å². The Morgan fingerprint density at radius 2 is 2.00 bits per heavy atom. The number of carbonyl (C=O) groups is 1. The van der Waals surface area contributed by atoms with Gasteiger partial charge in [0.2, 0.25) is 0 Å². The molecule has 1 aromatic heterocycles. The molecular weight excluding hydrogens is 380 g/mol. The van der Waals surface area contributed by atoms with Gasteiger partial charge < -0.3 is 14.9 Å². The number of phenols is 2. The molecule has 7 nitrogen and oxygen atoms in total. The van der Waals surface area contributed by atoms with Crippen molar-refractivity contribution in [2.75, 3.05) is 19.5 Å². The van der Waals surface area contributed by atoms with Crippen LogP contribution in [0, 0.1) is 0 Å². The number of ketones is 1. The van der Waals surface area contributed by atoms with Crippen molar-refractivity contribution in [3.8, 4) is 11.5 Å². The summed E-state index contributed by atoms with van der Waals surface area (Å²) in [5, 5.41) is 20.1. The molecule has 1 atom stereocenters. The van der Waals surface area contributed by atoms with Gasteiger partial charge in [-0.15, -0.1) is 0 Å². The molecular formula is C20H20N2O5S. The first kappa shape index (κ1) is 19.9. The van der Waals surface area contributed by atoms with E-state index >= 15 is 0 Å². The normalized spacial score (nSPS) is 12.2. The highest BCUT2D eigenvalue weighted by atomic mass is 32.2. The van der Waals surface area contributed by atoms with E-state index in [1.165, 1.54) is 16.7 Å². The number of Topliss-reactive ketones (excluding diaryl/α,β-unsaturated/α-hetero) is 1. The van der Waals surface area contributed by atoms with E-state index < -0.39 is 0 Å². The average molecular weight is 400 g/mol. The maximum absolute atomic E-state index is 13.0. The molecule has 1 heterocycles. The number of hydrogen-bond donors (Lipinski definition) is 2. The number of hydrogen-bond acceptors (Lipinski definition) is 7. The number of fused-ring (bicyclic) bond motifs is 1. The second kappa shape index (κ2) is 8.45. The molecule has 0 saturated carbocycles. The van der Waals surface area contributed by atoms with Crippen molar-refractivity contribution in [1.82, 2.24) is 9.55 Å². The van der Waals surface area contributed by atoms with Gasteiger partial charge in [-0.1, -0.05) is 23.9 Å². The molecule has 2 aromatic carbocycles. The number of carbonyl (C=O) groups excluding carboxylic acids is 1. The quantitative estimate of drug-likeness (QED) is 0.357. The summed E-state index contributed by atoms with van der Waals surface area (Å²) in [5.41, 5.74) is 0.457. The SMILES string of the molecule is COC[C@@H](C)n1c(SCC(=O)c2ccc(O)cc2O)nc2ccccc2c1=O. The van der Waals surface area contributed by atoms with Crippen molar-refractivity contribution in [3.05, 3.63) is 58.4 Å². The molecule has 0 saturated heterocycles. The minimum absolute atomic E-state index is 0.0250. The number of methoxy groups -OCH3 is 1. The second-order valence-corrected chi connectivity index (χ2v) is 7.25. The minimum Gasteiger partial charge on any atom is -0.508 e. The van der Waals surface area contributed by atoms with Crippen LogP contribution < -0.4 is 5.56 Å². The van der Waals surface area contributed by atoms with Crippen LogP contribution >= 0.6 is 11.8 Å². The summed E-state index contributed by atoms with van der Waals surface area (Å²) in [6, 6.07) is 10.6. The summed E-state index contributed by atoms with van der Waals surface area (Å²) >= 11 is 1.12. The molecule has 3 rings (SSSR count). The molecule has 146 valence electrons. The van der Waals surface area contributed by atoms with Crippen LogP contribution in [0.15, 0.2) is 52.4 Å². The molecule has 0 radical (unpaired) electrons. The molecule has 0 aliphatic heterocycles. The van der Waals surface area contributed by atoms with Gasteiger partial charge in [-0.25, -0.2) is 4.98 Å². The number of rotatable bonds is 7. The standard InChI is InChI=1S/C20H20N2O5S/c1-12(10-27-2)22-19(26)14-5-3-4-6-16(14)21-20(22)28-11-18(25)15-8-7-13(23)9-17(15)24/h3-9,12,23-24H,10-11H2,1-2H3/t12-/m1/s1. The maximum Gasteiger partial charge on any atom is 0.262 e. The third-order valence-electron chi connectivity index (χ3n) is 4.24. The Bertz CT molecular complexity index is 1080. The second-order valence-electron chi connectivity index (χ2n) is 6.30. The first-order valence-electron chi connectivity index (χ1n) is 8.60. The Balaban J connectivity index is 1.96. The summed E-state index contributed by atoms with van der Waals surface area (Å²) < 4.78 is 6.71. The molecule has 28 heavy (non-hydrogen) atoms. The van der Waals surface area contributed by atoms with Crippen molar-refractivity contribution in [2.45, 2.75) is 18.1 Å². The average Bonchev–Trinajstić information content (AvgIpc) is 2.66. The van der Waals surface area contributed by atoms with Gasteiger partial charge in [-0.3, -0.25) is 14.2 Å². The van der Waals surface area contributed by atoms with Gasteiger partial charge in [0.25, 0.3) is 5.56 Å². The molecule has 0 bridgehead atoms. The van der Waals surface area contributed by atoms with Crippen LogP contribution in [0.1, 0.15) is 23.3 Å². The lowest BCUT2D eigenvalue weighted by Gasteiger charge is -2.18. The highest BCUT2D eigenvalue weighted by molar-refractivity contribution is 7.99. The Labute approximate surface area is 165 Å². The van der Waals surface area contributed by atoms with Gasteiger partial charge in [-0.05, 0) is 31.2 Å². The molecule has 3 aromatic rings. The third kappa shape index (κ3) is 4.02. The van der Waals surface area contributed by atoms with Crippen LogP contribution in [0.5, 0.6) is 11.5 Å². The molecule has 8 heteroatoms. The van der Waals surface area contributed by atoms with Crippen LogP contribution in [0.2, 0.25) is 0 Å². The van der Waals surface area contributed by atoms with E-state index in [2.05, 4.69) is 4.98 Å². The van der Waals surface area contributed by atoms with Crippen LogP contribution in [0.4, 0.5) is 0 Å². The molecule has 0 aliphatic rings. The Kier molecular flexibility index (Phi) is 6.01. The third-order valence-corrected chi connectivity index (χ3v) is 5.19. The largest absolute Gasteiger partial charge is 0.508 e. The van der Waals surface area contributed by atoms with Gasteiger partial charge in [0.1, 0.15) is 11.5 Å². The monoisotopic (exact) mass is 400 g/mol. The topological polar surface area (TPSA) is 102 Å². The number of aromatic nitrogens is 2. The van der Waals surface area contributed by atoms with E-state index in [9.17, 15) is 19.8 Å². The van der Waals surface area contributed by atoms with Gasteiger partial charge in [-0.2, -0.15) is 0 Å². The lowest BCUT2D eigenvalue weighted by molar-refractivity contribution is 0.102. The molecule has 0 amide bonds. The number of nitrogens with zero attached hydrogens (tertiary/aromatic N) is 2. The number of para-hydroxylation sites is 1. The van der Waals surface area contributed by atoms with Crippen molar-refractivity contribution in [2.24, 2.45) is 0 Å². The zero-order valence-electron chi connectivity index (χ0n) is 15.5. The fraction of sp³-hybridized carbons (Fsp3) is 0.250. The molecule has 0 spiro atoms. The fourth-order valence-corrected chi connectivity index (χ4v) is 3.88. The van der Waals surface area contributed by atoms with Crippen LogP contribution in [-0.4, -0.2) is 45.0 Å². The molecule has 0 aliphatic carbocycles. The highest BCUT2D eigenvalue weighted by Crippen LogP contribution is 2.26. The van der Waals surface area contributed by atoms with Crippen molar-refractivity contribution < 1.29 is 19.7 Å². The van der Waals surface area contributed by atoms with E-state index in [4.69, 9.17) is 4.74 Å². The fourth-order valence-electron chi connectivity index (χ4n) is 2.90. The Hall–Kier alpha value is -2.84. The van der Waals surface area contributed by atoms with Crippen LogP contribution in [0.25, 0.3) is 10.9 Å². The summed E-state index contributed by atoms with van der Waals surface area (Å²) in [6.07, 6.45) is 0. The van der Waals surface area contributed by atoms with Crippen LogP contribution in [0.3, 0.4) is 0 Å². The Morgan fingerprint density at radius 3 is 2.71 bits per heavy atom. The summed E-state index contributed by atoms with van der Waals surface area (Å²) in [5.74, 6) is -0.777. The lowest BCUT2D eigenvalue weighted by atomic mass is 10.1. The maximum atomic E-state index is 13.0. The van der Waals surface area contributed by atoms with Crippen LogP contribution in [-0.2, 0) is 4.74 Å². The first-order valence-corrected chi connectivity index (χ1v) is 9.59. The van der Waals surface area contributed by atoms with Crippen molar-refractivity contribution in [3.63, 3.8) is 0 Å². The van der Waals surface area contributed by atoms with E-state index in [0.717, 1.165) is 17.8 Å². The number of ether oxygens (including phenoxy) is 1. The summed E-state index contributed by atoms with van der Waals surface area (Å²) in [6.45, 7) is 2.17. The number of aromatic hydroxyl groups is 2.